The summed E-state index contributed by atoms with van der Waals surface area (Å²) in [6, 6.07) is 0. The van der Waals surface area contributed by atoms with Crippen LogP contribution in [-0.2, 0) is 19.6 Å². The number of aliphatic hydroxyl groups excluding tert-OH is 1. The normalized spacial score (nSPS) is 14.4. The maximum Gasteiger partial charge on any atom is 0.460 e. The molecule has 0 bridgehead atoms. The van der Waals surface area contributed by atoms with Crippen molar-refractivity contribution in [2.45, 2.75) is 36.5 Å². The Bertz CT molecular complexity index is 645. The van der Waals surface area contributed by atoms with Gasteiger partial charge in [-0.1, -0.05) is 13.2 Å². The molecule has 0 amide bonds. The van der Waals surface area contributed by atoms with Crippen molar-refractivity contribution in [3.05, 3.63) is 24.6 Å². The molecule has 0 saturated carbocycles. The summed E-state index contributed by atoms with van der Waals surface area (Å²) in [4.78, 5) is 10.5. The fraction of sp³-hybridized carbons (Fsp3) is 0.583. The molecule has 1 unspecified atom stereocenters. The first-order valence-electron chi connectivity index (χ1n) is 6.43. The second-order valence-electron chi connectivity index (χ2n) is 4.72. The van der Waals surface area contributed by atoms with E-state index >= 15 is 0 Å². The topological polar surface area (TPSA) is 101 Å². The molecule has 0 spiro atoms. The fourth-order valence-corrected chi connectivity index (χ4v) is 1.13. The van der Waals surface area contributed by atoms with Gasteiger partial charge in [-0.25, -0.2) is 4.79 Å². The lowest BCUT2D eigenvalue weighted by Crippen LogP contribution is -2.61. The van der Waals surface area contributed by atoms with Crippen LogP contribution in [0.25, 0.3) is 0 Å². The highest BCUT2D eigenvalue weighted by atomic mass is 32.2. The number of hydrogen-bond donors (Lipinski definition) is 2. The number of carbonyl (C=O) groups is 1. The average molecular weight is 456 g/mol. The summed E-state index contributed by atoms with van der Waals surface area (Å²) in [6.07, 6.45) is -11.5. The molecular formula is C12H13F9O6S. The first-order valence-corrected chi connectivity index (χ1v) is 7.94. The third kappa shape index (κ3) is 8.05. The van der Waals surface area contributed by atoms with E-state index in [0.29, 0.717) is 11.5 Å². The highest BCUT2D eigenvalue weighted by molar-refractivity contribution is 7.88. The molecule has 0 aliphatic heterocycles. The maximum absolute atomic E-state index is 13.0. The van der Waals surface area contributed by atoms with Gasteiger partial charge in [0.2, 0.25) is 0 Å². The molecule has 0 aromatic heterocycles. The molecule has 0 aliphatic carbocycles. The Morgan fingerprint density at radius 3 is 1.68 bits per heavy atom. The Kier molecular flexibility index (Phi) is 9.73. The van der Waals surface area contributed by atoms with Crippen molar-refractivity contribution in [3.63, 3.8) is 0 Å². The number of aliphatic hydroxyl groups is 1. The van der Waals surface area contributed by atoms with E-state index in [1.807, 2.05) is 0 Å². The van der Waals surface area contributed by atoms with Crippen LogP contribution in [0.2, 0.25) is 0 Å². The summed E-state index contributed by atoms with van der Waals surface area (Å²) in [7, 11) is -3.90. The van der Waals surface area contributed by atoms with E-state index in [1.54, 1.807) is 0 Å². The van der Waals surface area contributed by atoms with E-state index < -0.39 is 59.2 Å². The van der Waals surface area contributed by atoms with Crippen LogP contribution < -0.4 is 0 Å². The average Bonchev–Trinajstić information content (AvgIpc) is 2.50. The molecule has 28 heavy (non-hydrogen) atoms. The highest BCUT2D eigenvalue weighted by Gasteiger charge is 2.81. The van der Waals surface area contributed by atoms with E-state index in [-0.39, 0.29) is 0 Å². The third-order valence-corrected chi connectivity index (χ3v) is 2.92. The first kappa shape index (κ1) is 28.4. The van der Waals surface area contributed by atoms with Gasteiger partial charge >= 0.3 is 29.9 Å². The lowest BCUT2D eigenvalue weighted by molar-refractivity contribution is -0.398. The van der Waals surface area contributed by atoms with Crippen LogP contribution in [-0.4, -0.2) is 60.7 Å². The predicted octanol–water partition coefficient (Wildman–Crippen LogP) is 2.95. The Labute approximate surface area is 152 Å². The lowest BCUT2D eigenvalue weighted by Gasteiger charge is -2.34. The van der Waals surface area contributed by atoms with Crippen molar-refractivity contribution in [3.8, 4) is 0 Å². The second kappa shape index (κ2) is 9.60. The number of alkyl halides is 9. The number of hydrogen-bond acceptors (Lipinski definition) is 5. The van der Waals surface area contributed by atoms with E-state index in [2.05, 4.69) is 17.9 Å². The zero-order valence-corrected chi connectivity index (χ0v) is 14.2. The van der Waals surface area contributed by atoms with Crippen LogP contribution in [0.1, 0.15) is 6.42 Å². The molecule has 0 radical (unpaired) electrons. The van der Waals surface area contributed by atoms with Gasteiger partial charge in [-0.2, -0.15) is 47.9 Å². The summed E-state index contributed by atoms with van der Waals surface area (Å²) >= 11 is 0. The van der Waals surface area contributed by atoms with Gasteiger partial charge in [-0.3, -0.25) is 4.55 Å². The molecule has 0 aromatic rings. The van der Waals surface area contributed by atoms with Crippen molar-refractivity contribution in [1.29, 1.82) is 0 Å². The molecule has 0 heterocycles. The summed E-state index contributed by atoms with van der Waals surface area (Å²) in [5.41, 5.74) is 0. The lowest BCUT2D eigenvalue weighted by atomic mass is 9.98. The number of halogens is 9. The van der Waals surface area contributed by atoms with Crippen LogP contribution in [0.4, 0.5) is 39.5 Å². The van der Waals surface area contributed by atoms with Crippen LogP contribution in [0, 0.1) is 0 Å². The zero-order valence-electron chi connectivity index (χ0n) is 13.4. The minimum absolute atomic E-state index is 0.465. The van der Waals surface area contributed by atoms with Gasteiger partial charge in [0.1, 0.15) is 6.61 Å². The molecule has 0 rings (SSSR count). The van der Waals surface area contributed by atoms with Crippen LogP contribution >= 0.6 is 0 Å². The van der Waals surface area contributed by atoms with Gasteiger partial charge in [0, 0.05) is 12.5 Å². The maximum atomic E-state index is 13.0. The van der Waals surface area contributed by atoms with E-state index in [9.17, 15) is 52.7 Å². The molecule has 0 aliphatic rings. The Morgan fingerprint density at radius 2 is 1.39 bits per heavy atom. The summed E-state index contributed by atoms with van der Waals surface area (Å²) < 4.78 is 143. The predicted molar refractivity (Wildman–Crippen MR) is 74.4 cm³/mol. The van der Waals surface area contributed by atoms with Gasteiger partial charge in [-0.15, -0.1) is 0 Å². The van der Waals surface area contributed by atoms with Gasteiger partial charge < -0.3 is 9.84 Å². The van der Waals surface area contributed by atoms with Crippen molar-refractivity contribution in [1.82, 2.24) is 0 Å². The molecule has 1 atom stereocenters. The number of esters is 1. The summed E-state index contributed by atoms with van der Waals surface area (Å²) in [6.45, 7) is 4.33. The SMILES string of the molecule is C=CC(=O)OCC(O)CC(F)(F)C(F)(F)C(F)(F)C(F)(F)F.C=CS(=O)(=O)O. The molecule has 166 valence electrons. The van der Waals surface area contributed by atoms with Gasteiger partial charge in [0.15, 0.2) is 0 Å². The fourth-order valence-electron chi connectivity index (χ4n) is 1.13. The molecule has 0 aromatic carbocycles. The van der Waals surface area contributed by atoms with Crippen molar-refractivity contribution < 1.29 is 67.1 Å². The van der Waals surface area contributed by atoms with E-state index in [4.69, 9.17) is 9.66 Å². The Balaban J connectivity index is 0. The second-order valence-corrected chi connectivity index (χ2v) is 6.09. The first-order chi connectivity index (χ1) is 12.2. The van der Waals surface area contributed by atoms with E-state index in [1.165, 1.54) is 0 Å². The molecule has 16 heteroatoms. The highest BCUT2D eigenvalue weighted by Crippen LogP contribution is 2.54. The minimum Gasteiger partial charge on any atom is -0.460 e. The monoisotopic (exact) mass is 456 g/mol. The number of ether oxygens (including phenoxy) is 1. The van der Waals surface area contributed by atoms with Crippen molar-refractivity contribution >= 4 is 16.1 Å². The zero-order chi connectivity index (χ0) is 23.2. The summed E-state index contributed by atoms with van der Waals surface area (Å²) in [5.74, 6) is -21.0. The van der Waals surface area contributed by atoms with Gasteiger partial charge in [-0.05, 0) is 0 Å². The van der Waals surface area contributed by atoms with Crippen molar-refractivity contribution in [2.75, 3.05) is 6.61 Å². The largest absolute Gasteiger partial charge is 0.460 e. The minimum atomic E-state index is -7.03. The Hall–Kier alpha value is -1.81. The van der Waals surface area contributed by atoms with E-state index in [0.717, 1.165) is 0 Å². The third-order valence-electron chi connectivity index (χ3n) is 2.50. The summed E-state index contributed by atoms with van der Waals surface area (Å²) in [5, 5.41) is 9.38. The number of carbonyl (C=O) groups excluding carboxylic acids is 1. The molecule has 0 fully saturated rings. The molecule has 0 saturated heterocycles. The Morgan fingerprint density at radius 1 is 1.00 bits per heavy atom. The quantitative estimate of drug-likeness (QED) is 0.252. The van der Waals surface area contributed by atoms with Crippen LogP contribution in [0.15, 0.2) is 24.6 Å². The van der Waals surface area contributed by atoms with Gasteiger partial charge in [0.25, 0.3) is 10.1 Å². The van der Waals surface area contributed by atoms with Crippen LogP contribution in [0.5, 0.6) is 0 Å². The number of rotatable bonds is 8. The smallest absolute Gasteiger partial charge is 0.460 e. The molecule has 6 nitrogen and oxygen atoms in total. The van der Waals surface area contributed by atoms with Crippen LogP contribution in [0.3, 0.4) is 0 Å². The molecule has 2 N–H and O–H groups in total. The standard InChI is InChI=1S/C10H9F9O3.C2H4O3S/c1-2-6(21)22-4-5(20)3-7(11,12)8(13,14)9(15,16)10(17,18)19;1-2-6(3,4)5/h2,5,20H,1,3-4H2;2H,1H2,(H,3,4,5). The van der Waals surface area contributed by atoms with Gasteiger partial charge in [0.05, 0.1) is 11.5 Å². The molecular weight excluding hydrogens is 443 g/mol. The van der Waals surface area contributed by atoms with Crippen molar-refractivity contribution in [2.24, 2.45) is 0 Å².